The van der Waals surface area contributed by atoms with Crippen molar-refractivity contribution in [3.05, 3.63) is 60.8 Å². The highest BCUT2D eigenvalue weighted by molar-refractivity contribution is 7.80. The average Bonchev–Trinajstić information content (AvgIpc) is 2.87. The Bertz CT molecular complexity index is 800. The molecule has 0 aliphatic heterocycles. The van der Waals surface area contributed by atoms with Gasteiger partial charge in [-0.1, -0.05) is 81.5 Å². The van der Waals surface area contributed by atoms with E-state index < -0.39 is 23.4 Å². The van der Waals surface area contributed by atoms with Crippen molar-refractivity contribution in [2.24, 2.45) is 5.41 Å². The number of aliphatic hydroxyl groups is 1. The number of hydrogen-bond donors (Lipinski definition) is 4. The summed E-state index contributed by atoms with van der Waals surface area (Å²) < 4.78 is 5.25. The maximum absolute atomic E-state index is 12.2. The highest BCUT2D eigenvalue weighted by atomic mass is 32.1. The summed E-state index contributed by atoms with van der Waals surface area (Å²) in [6.07, 6.45) is 24.1. The van der Waals surface area contributed by atoms with E-state index in [2.05, 4.69) is 72.7 Å². The molecule has 1 atom stereocenters. The number of carbonyl (C=O) groups excluding carboxylic acids is 3. The minimum atomic E-state index is -1.38. The van der Waals surface area contributed by atoms with Gasteiger partial charge in [0.25, 0.3) is 0 Å². The highest BCUT2D eigenvalue weighted by Crippen LogP contribution is 2.21. The Kier molecular flexibility index (Phi) is 21.0. The van der Waals surface area contributed by atoms with Crippen molar-refractivity contribution in [3.63, 3.8) is 0 Å². The Balaban J connectivity index is 4.08. The molecule has 0 radical (unpaired) electrons. The van der Waals surface area contributed by atoms with Crippen LogP contribution in [0.1, 0.15) is 65.7 Å². The van der Waals surface area contributed by atoms with Crippen LogP contribution in [0.4, 0.5) is 0 Å². The summed E-state index contributed by atoms with van der Waals surface area (Å²) >= 11 is 4.01. The molecule has 3 N–H and O–H groups in total. The van der Waals surface area contributed by atoms with Crippen LogP contribution in [0.3, 0.4) is 0 Å². The van der Waals surface area contributed by atoms with Gasteiger partial charge in [0.1, 0.15) is 6.10 Å². The molecule has 0 saturated carbocycles. The van der Waals surface area contributed by atoms with Gasteiger partial charge in [0.15, 0.2) is 0 Å². The second-order valence-corrected chi connectivity index (χ2v) is 9.53. The first-order chi connectivity index (χ1) is 17.7. The lowest BCUT2D eigenvalue weighted by Crippen LogP contribution is -2.47. The van der Waals surface area contributed by atoms with E-state index >= 15 is 0 Å². The summed E-state index contributed by atoms with van der Waals surface area (Å²) in [4.78, 5) is 35.7. The third-order valence-corrected chi connectivity index (χ3v) is 5.34. The topological polar surface area (TPSA) is 105 Å². The molecule has 0 aliphatic rings. The standard InChI is InChI=1S/C29H46N2O5S/c1-4-5-6-7-8-9-10-11-12-13-14-15-16-17-18-19-26(33)36-24-29(2,3)27(34)28(35)31-21-20-25(32)30-22-23-37/h5-6,8-9,11-12,14-15,17-18,27,34,37H,4,7,10,13,16,19-24H2,1-3H3,(H,30,32)(H,31,35). The van der Waals surface area contributed by atoms with Crippen molar-refractivity contribution in [1.82, 2.24) is 10.6 Å². The lowest BCUT2D eigenvalue weighted by atomic mass is 9.87. The molecule has 0 fully saturated rings. The van der Waals surface area contributed by atoms with Gasteiger partial charge < -0.3 is 20.5 Å². The maximum Gasteiger partial charge on any atom is 0.309 e. The molecule has 0 aromatic heterocycles. The second kappa shape index (κ2) is 22.6. The zero-order chi connectivity index (χ0) is 27.8. The number of hydrogen-bond acceptors (Lipinski definition) is 6. The number of allylic oxidation sites excluding steroid dienone is 9. The Morgan fingerprint density at radius 3 is 1.86 bits per heavy atom. The van der Waals surface area contributed by atoms with E-state index in [0.29, 0.717) is 12.3 Å². The van der Waals surface area contributed by atoms with Crippen LogP contribution in [0, 0.1) is 5.41 Å². The molecule has 0 saturated heterocycles. The molecule has 0 aromatic rings. The number of aliphatic hydroxyl groups excluding tert-OH is 1. The predicted octanol–water partition coefficient (Wildman–Crippen LogP) is 4.61. The van der Waals surface area contributed by atoms with Crippen molar-refractivity contribution in [2.45, 2.75) is 71.8 Å². The fourth-order valence-electron chi connectivity index (χ4n) is 2.87. The number of amides is 2. The number of esters is 1. The first-order valence-corrected chi connectivity index (χ1v) is 13.6. The van der Waals surface area contributed by atoms with Crippen LogP contribution in [0.15, 0.2) is 60.8 Å². The molecule has 8 heteroatoms. The molecule has 0 spiro atoms. The third kappa shape index (κ3) is 20.2. The molecule has 37 heavy (non-hydrogen) atoms. The van der Waals surface area contributed by atoms with E-state index in [9.17, 15) is 19.5 Å². The number of rotatable bonds is 20. The van der Waals surface area contributed by atoms with Gasteiger partial charge in [-0.2, -0.15) is 12.6 Å². The molecule has 0 rings (SSSR count). The van der Waals surface area contributed by atoms with Crippen LogP contribution >= 0.6 is 12.6 Å². The molecule has 0 aliphatic carbocycles. The molecule has 7 nitrogen and oxygen atoms in total. The maximum atomic E-state index is 12.2. The fraction of sp³-hybridized carbons (Fsp3) is 0.552. The molecule has 208 valence electrons. The molecule has 0 heterocycles. The van der Waals surface area contributed by atoms with Crippen LogP contribution in [0.5, 0.6) is 0 Å². The second-order valence-electron chi connectivity index (χ2n) is 9.08. The van der Waals surface area contributed by atoms with Crippen LogP contribution < -0.4 is 10.6 Å². The monoisotopic (exact) mass is 534 g/mol. The summed E-state index contributed by atoms with van der Waals surface area (Å²) in [5.41, 5.74) is -0.976. The van der Waals surface area contributed by atoms with E-state index in [1.807, 2.05) is 12.2 Å². The van der Waals surface area contributed by atoms with Crippen LogP contribution in [-0.2, 0) is 19.1 Å². The molecule has 0 aromatic carbocycles. The van der Waals surface area contributed by atoms with Crippen molar-refractivity contribution in [1.29, 1.82) is 0 Å². The van der Waals surface area contributed by atoms with Crippen LogP contribution in [0.2, 0.25) is 0 Å². The van der Waals surface area contributed by atoms with Gasteiger partial charge in [-0.25, -0.2) is 0 Å². The summed E-state index contributed by atoms with van der Waals surface area (Å²) in [6.45, 7) is 5.86. The minimum absolute atomic E-state index is 0.104. The van der Waals surface area contributed by atoms with Crippen molar-refractivity contribution in [2.75, 3.05) is 25.4 Å². The average molecular weight is 535 g/mol. The number of ether oxygens (including phenoxy) is 1. The lowest BCUT2D eigenvalue weighted by molar-refractivity contribution is -0.152. The van der Waals surface area contributed by atoms with Gasteiger partial charge in [0.2, 0.25) is 11.8 Å². The third-order valence-electron chi connectivity index (χ3n) is 5.12. The highest BCUT2D eigenvalue weighted by Gasteiger charge is 2.34. The SMILES string of the molecule is CCC=CCC=CCC=CCC=CCC=CCC(=O)OCC(C)(C)C(O)C(=O)NCCC(=O)NCCS. The van der Waals surface area contributed by atoms with Crippen molar-refractivity contribution in [3.8, 4) is 0 Å². The number of thiol groups is 1. The van der Waals surface area contributed by atoms with Crippen LogP contribution in [0.25, 0.3) is 0 Å². The zero-order valence-corrected chi connectivity index (χ0v) is 23.6. The van der Waals surface area contributed by atoms with E-state index in [0.717, 1.165) is 32.1 Å². The first-order valence-electron chi connectivity index (χ1n) is 13.0. The van der Waals surface area contributed by atoms with E-state index in [-0.39, 0.29) is 31.9 Å². The number of carbonyl (C=O) groups is 3. The van der Waals surface area contributed by atoms with Gasteiger partial charge in [-0.05, 0) is 32.1 Å². The Morgan fingerprint density at radius 2 is 1.35 bits per heavy atom. The first kappa shape index (κ1) is 34.4. The zero-order valence-electron chi connectivity index (χ0n) is 22.7. The molecular formula is C29H46N2O5S. The Morgan fingerprint density at radius 1 is 0.838 bits per heavy atom. The van der Waals surface area contributed by atoms with Gasteiger partial charge in [-0.3, -0.25) is 14.4 Å². The lowest BCUT2D eigenvalue weighted by Gasteiger charge is -2.28. The predicted molar refractivity (Wildman–Crippen MR) is 154 cm³/mol. The minimum Gasteiger partial charge on any atom is -0.465 e. The molecule has 2 amide bonds. The normalized spacial score (nSPS) is 13.3. The van der Waals surface area contributed by atoms with E-state index in [1.54, 1.807) is 19.9 Å². The van der Waals surface area contributed by atoms with E-state index in [1.165, 1.54) is 0 Å². The molecule has 1 unspecified atom stereocenters. The van der Waals surface area contributed by atoms with Crippen molar-refractivity contribution < 1.29 is 24.2 Å². The quantitative estimate of drug-likeness (QED) is 0.104. The van der Waals surface area contributed by atoms with Gasteiger partial charge in [0, 0.05) is 30.7 Å². The summed E-state index contributed by atoms with van der Waals surface area (Å²) in [7, 11) is 0. The molecule has 0 bridgehead atoms. The smallest absolute Gasteiger partial charge is 0.309 e. The Labute approximate surface area is 228 Å². The van der Waals surface area contributed by atoms with Gasteiger partial charge >= 0.3 is 5.97 Å². The summed E-state index contributed by atoms with van der Waals surface area (Å²) in [6, 6.07) is 0. The largest absolute Gasteiger partial charge is 0.465 e. The molecular weight excluding hydrogens is 488 g/mol. The van der Waals surface area contributed by atoms with Crippen molar-refractivity contribution >= 4 is 30.4 Å². The van der Waals surface area contributed by atoms with Crippen LogP contribution in [-0.4, -0.2) is 54.4 Å². The summed E-state index contributed by atoms with van der Waals surface area (Å²) in [5.74, 6) is -0.707. The summed E-state index contributed by atoms with van der Waals surface area (Å²) in [5, 5.41) is 15.5. The Hall–Kier alpha value is -2.58. The van der Waals surface area contributed by atoms with Gasteiger partial charge in [0.05, 0.1) is 13.0 Å². The van der Waals surface area contributed by atoms with Gasteiger partial charge in [-0.15, -0.1) is 0 Å². The number of nitrogens with one attached hydrogen (secondary N) is 2. The fourth-order valence-corrected chi connectivity index (χ4v) is 2.98. The van der Waals surface area contributed by atoms with E-state index in [4.69, 9.17) is 4.74 Å².